The van der Waals surface area contributed by atoms with E-state index in [1.54, 1.807) is 19.1 Å². The molecule has 2 aromatic heterocycles. The Labute approximate surface area is 166 Å². The maximum absolute atomic E-state index is 12.5. The Bertz CT molecular complexity index is 1210. The molecule has 1 amide bonds. The van der Waals surface area contributed by atoms with Gasteiger partial charge in [-0.25, -0.2) is 0 Å². The number of amides is 1. The van der Waals surface area contributed by atoms with Crippen LogP contribution in [0.1, 0.15) is 23.0 Å². The molecule has 2 heterocycles. The second-order valence-corrected chi connectivity index (χ2v) is 6.40. The van der Waals surface area contributed by atoms with Crippen molar-refractivity contribution in [2.75, 3.05) is 6.61 Å². The van der Waals surface area contributed by atoms with E-state index in [1.807, 2.05) is 43.3 Å². The van der Waals surface area contributed by atoms with Gasteiger partial charge in [-0.2, -0.15) is 5.10 Å². The summed E-state index contributed by atoms with van der Waals surface area (Å²) < 4.78 is 5.45. The standard InChI is InChI=1S/C21H19N5O3/c1-3-29-14-10-8-13(9-11-14)17-12(2)18(24-23-17)21(28)26-25-19-15-6-4-5-7-16(15)22-20(19)27/h4-11,22,27H,3H2,1-2H3,(H,23,24). The van der Waals surface area contributed by atoms with Gasteiger partial charge in [0.15, 0.2) is 5.69 Å². The second-order valence-electron chi connectivity index (χ2n) is 6.40. The van der Waals surface area contributed by atoms with E-state index in [4.69, 9.17) is 4.74 Å². The molecule has 0 aliphatic rings. The van der Waals surface area contributed by atoms with E-state index >= 15 is 0 Å². The topological polar surface area (TPSA) is 116 Å². The molecule has 8 heteroatoms. The molecular weight excluding hydrogens is 370 g/mol. The fraction of sp³-hybridized carbons (Fsp3) is 0.143. The summed E-state index contributed by atoms with van der Waals surface area (Å²) in [7, 11) is 0. The quantitative estimate of drug-likeness (QED) is 0.421. The number of carbonyl (C=O) groups excluding carboxylic acids is 1. The van der Waals surface area contributed by atoms with Crippen LogP contribution in [0.15, 0.2) is 58.8 Å². The molecule has 3 N–H and O–H groups in total. The molecule has 0 spiro atoms. The zero-order chi connectivity index (χ0) is 20.4. The number of carbonyl (C=O) groups is 1. The van der Waals surface area contributed by atoms with Gasteiger partial charge in [-0.15, -0.1) is 10.2 Å². The molecule has 2 aromatic carbocycles. The predicted molar refractivity (Wildman–Crippen MR) is 109 cm³/mol. The van der Waals surface area contributed by atoms with Gasteiger partial charge in [0.1, 0.15) is 11.4 Å². The number of aromatic amines is 2. The highest BCUT2D eigenvalue weighted by molar-refractivity contribution is 5.97. The number of aromatic hydroxyl groups is 1. The van der Waals surface area contributed by atoms with Crippen LogP contribution in [0, 0.1) is 6.92 Å². The second kappa shape index (κ2) is 7.59. The van der Waals surface area contributed by atoms with E-state index in [9.17, 15) is 9.90 Å². The van der Waals surface area contributed by atoms with Crippen molar-refractivity contribution in [2.24, 2.45) is 10.2 Å². The van der Waals surface area contributed by atoms with Crippen LogP contribution in [0.5, 0.6) is 11.6 Å². The first-order chi connectivity index (χ1) is 14.1. The fourth-order valence-electron chi connectivity index (χ4n) is 3.12. The van der Waals surface area contributed by atoms with E-state index in [1.165, 1.54) is 0 Å². The molecule has 0 atom stereocenters. The summed E-state index contributed by atoms with van der Waals surface area (Å²) in [6.07, 6.45) is 0. The van der Waals surface area contributed by atoms with Crippen LogP contribution in [-0.4, -0.2) is 32.8 Å². The van der Waals surface area contributed by atoms with Gasteiger partial charge in [-0.1, -0.05) is 18.2 Å². The van der Waals surface area contributed by atoms with Crippen LogP contribution in [0.3, 0.4) is 0 Å². The lowest BCUT2D eigenvalue weighted by Crippen LogP contribution is -1.97. The van der Waals surface area contributed by atoms with Crippen molar-refractivity contribution in [3.8, 4) is 22.9 Å². The first-order valence-corrected chi connectivity index (χ1v) is 9.12. The molecule has 4 rings (SSSR count). The van der Waals surface area contributed by atoms with Gasteiger partial charge < -0.3 is 14.8 Å². The average Bonchev–Trinajstić information content (AvgIpc) is 3.26. The van der Waals surface area contributed by atoms with E-state index < -0.39 is 5.91 Å². The van der Waals surface area contributed by atoms with Crippen LogP contribution < -0.4 is 4.74 Å². The van der Waals surface area contributed by atoms with E-state index in [0.717, 1.165) is 11.3 Å². The third kappa shape index (κ3) is 3.47. The zero-order valence-electron chi connectivity index (χ0n) is 15.9. The number of nitrogens with one attached hydrogen (secondary N) is 2. The van der Waals surface area contributed by atoms with E-state index in [2.05, 4.69) is 25.4 Å². The van der Waals surface area contributed by atoms with Gasteiger partial charge in [-0.3, -0.25) is 9.89 Å². The maximum Gasteiger partial charge on any atom is 0.313 e. The highest BCUT2D eigenvalue weighted by atomic mass is 16.5. The SMILES string of the molecule is CCOc1ccc(-c2n[nH]c(C(=O)N=Nc3c(O)[nH]c4ccccc34)c2C)cc1. The smallest absolute Gasteiger partial charge is 0.313 e. The minimum absolute atomic E-state index is 0.140. The summed E-state index contributed by atoms with van der Waals surface area (Å²) in [6.45, 7) is 4.31. The molecule has 0 radical (unpaired) electrons. The Balaban J connectivity index is 1.60. The normalized spacial score (nSPS) is 11.4. The molecule has 0 unspecified atom stereocenters. The Hall–Kier alpha value is -3.94. The molecule has 8 nitrogen and oxygen atoms in total. The summed E-state index contributed by atoms with van der Waals surface area (Å²) >= 11 is 0. The van der Waals surface area contributed by atoms with Crippen LogP contribution in [0.25, 0.3) is 22.2 Å². The number of fused-ring (bicyclic) bond motifs is 1. The number of nitrogens with zero attached hydrogens (tertiary/aromatic N) is 3. The lowest BCUT2D eigenvalue weighted by Gasteiger charge is -2.04. The largest absolute Gasteiger partial charge is 0.494 e. The van der Waals surface area contributed by atoms with E-state index in [0.29, 0.717) is 28.8 Å². The van der Waals surface area contributed by atoms with Gasteiger partial charge in [0.2, 0.25) is 5.88 Å². The molecule has 4 aromatic rings. The molecule has 0 aliphatic heterocycles. The van der Waals surface area contributed by atoms with Crippen molar-refractivity contribution in [2.45, 2.75) is 13.8 Å². The Kier molecular flexibility index (Phi) is 4.82. The highest BCUT2D eigenvalue weighted by Crippen LogP contribution is 2.35. The Morgan fingerprint density at radius 2 is 1.93 bits per heavy atom. The van der Waals surface area contributed by atoms with Crippen LogP contribution in [-0.2, 0) is 0 Å². The number of hydrogen-bond acceptors (Lipinski definition) is 5. The predicted octanol–water partition coefficient (Wildman–Crippen LogP) is 4.89. The third-order valence-electron chi connectivity index (χ3n) is 4.56. The molecule has 0 fully saturated rings. The summed E-state index contributed by atoms with van der Waals surface area (Å²) in [5, 5.41) is 25.4. The number of benzene rings is 2. The van der Waals surface area contributed by atoms with Gasteiger partial charge in [0.05, 0.1) is 17.8 Å². The summed E-state index contributed by atoms with van der Waals surface area (Å²) in [6, 6.07) is 14.7. The Morgan fingerprint density at radius 1 is 1.17 bits per heavy atom. The summed E-state index contributed by atoms with van der Waals surface area (Å²) in [5.41, 5.74) is 3.35. The Morgan fingerprint density at radius 3 is 2.69 bits per heavy atom. The number of hydrogen-bond donors (Lipinski definition) is 3. The molecule has 146 valence electrons. The zero-order valence-corrected chi connectivity index (χ0v) is 15.9. The van der Waals surface area contributed by atoms with Crippen LogP contribution >= 0.6 is 0 Å². The number of para-hydroxylation sites is 1. The van der Waals surface area contributed by atoms with Crippen LogP contribution in [0.2, 0.25) is 0 Å². The fourth-order valence-corrected chi connectivity index (χ4v) is 3.12. The maximum atomic E-state index is 12.5. The van der Waals surface area contributed by atoms with Crippen molar-refractivity contribution in [1.82, 2.24) is 15.2 Å². The number of H-pyrrole nitrogens is 2. The number of ether oxygens (including phenoxy) is 1. The third-order valence-corrected chi connectivity index (χ3v) is 4.56. The molecule has 0 saturated heterocycles. The van der Waals surface area contributed by atoms with Gasteiger partial charge >= 0.3 is 5.91 Å². The number of aromatic nitrogens is 3. The molecule has 29 heavy (non-hydrogen) atoms. The molecule has 0 saturated carbocycles. The lowest BCUT2D eigenvalue weighted by molar-refractivity contribution is 0.0989. The van der Waals surface area contributed by atoms with Crippen molar-refractivity contribution < 1.29 is 14.6 Å². The van der Waals surface area contributed by atoms with Crippen molar-refractivity contribution in [3.05, 3.63) is 59.8 Å². The number of rotatable bonds is 5. The molecule has 0 aliphatic carbocycles. The summed E-state index contributed by atoms with van der Waals surface area (Å²) in [4.78, 5) is 15.3. The van der Waals surface area contributed by atoms with Crippen LogP contribution in [0.4, 0.5) is 5.69 Å². The lowest BCUT2D eigenvalue weighted by atomic mass is 10.1. The van der Waals surface area contributed by atoms with E-state index in [-0.39, 0.29) is 17.3 Å². The molecular formula is C21H19N5O3. The number of azo groups is 1. The first kappa shape index (κ1) is 18.4. The summed E-state index contributed by atoms with van der Waals surface area (Å²) in [5.74, 6) is 0.0594. The van der Waals surface area contributed by atoms with Crippen molar-refractivity contribution in [3.63, 3.8) is 0 Å². The van der Waals surface area contributed by atoms with Crippen molar-refractivity contribution >= 4 is 22.5 Å². The van der Waals surface area contributed by atoms with Gasteiger partial charge in [-0.05, 0) is 44.2 Å². The highest BCUT2D eigenvalue weighted by Gasteiger charge is 2.18. The minimum Gasteiger partial charge on any atom is -0.494 e. The van der Waals surface area contributed by atoms with Crippen molar-refractivity contribution in [1.29, 1.82) is 0 Å². The average molecular weight is 389 g/mol. The van der Waals surface area contributed by atoms with Gasteiger partial charge in [0.25, 0.3) is 0 Å². The minimum atomic E-state index is -0.572. The first-order valence-electron chi connectivity index (χ1n) is 9.12. The monoisotopic (exact) mass is 389 g/mol. The van der Waals surface area contributed by atoms with Gasteiger partial charge in [0, 0.05) is 16.5 Å². The molecule has 0 bridgehead atoms.